The molecule has 0 aliphatic carbocycles. The first-order valence-electron chi connectivity index (χ1n) is 9.41. The summed E-state index contributed by atoms with van der Waals surface area (Å²) in [5, 5.41) is 14.5. The lowest BCUT2D eigenvalue weighted by Crippen LogP contribution is -2.23. The third-order valence-corrected chi connectivity index (χ3v) is 5.53. The molecule has 0 saturated heterocycles. The number of thioether (sulfide) groups is 1. The second-order valence-electron chi connectivity index (χ2n) is 6.50. The monoisotopic (exact) mass is 557 g/mol. The predicted molar refractivity (Wildman–Crippen MR) is 131 cm³/mol. The number of ether oxygens (including phenoxy) is 1. The average molecular weight is 557 g/mol. The fourth-order valence-electron chi connectivity index (χ4n) is 2.58. The Morgan fingerprint density at radius 3 is 2.52 bits per heavy atom. The van der Waals surface area contributed by atoms with E-state index in [0.717, 1.165) is 17.7 Å². The molecule has 166 valence electrons. The third kappa shape index (κ3) is 9.15. The Morgan fingerprint density at radius 2 is 1.84 bits per heavy atom. The van der Waals surface area contributed by atoms with Crippen molar-refractivity contribution in [2.75, 3.05) is 33.8 Å². The minimum absolute atomic E-state index is 0.171. The number of nitrogens with two attached hydrogens (primary N) is 1. The molecule has 2 amide bonds. The quantitative estimate of drug-likeness (QED) is 0.136. The highest BCUT2D eigenvalue weighted by atomic mass is 127. The normalized spacial score (nSPS) is 10.5. The van der Waals surface area contributed by atoms with Gasteiger partial charge in [-0.15, -0.1) is 0 Å². The number of nitrogens with one attached hydrogen (secondary N) is 2. The molecule has 0 spiro atoms. The zero-order valence-corrected chi connectivity index (χ0v) is 19.7. The topological polar surface area (TPSA) is 131 Å². The molecule has 0 aliphatic heterocycles. The van der Waals surface area contributed by atoms with Gasteiger partial charge in [0.25, 0.3) is 5.91 Å². The van der Waals surface area contributed by atoms with E-state index in [4.69, 9.17) is 15.6 Å². The minimum Gasteiger partial charge on any atom is -0.478 e. The van der Waals surface area contributed by atoms with Crippen LogP contribution in [-0.4, -0.2) is 45.6 Å². The smallest absolute Gasteiger partial charge is 0.335 e. The van der Waals surface area contributed by atoms with Gasteiger partial charge in [-0.05, 0) is 48.1 Å². The summed E-state index contributed by atoms with van der Waals surface area (Å²) in [6.45, 7) is 0.905. The first-order valence-corrected chi connectivity index (χ1v) is 12.1. The van der Waals surface area contributed by atoms with Crippen LogP contribution in [-0.2, 0) is 16.1 Å². The highest BCUT2D eigenvalue weighted by Crippen LogP contribution is 2.18. The van der Waals surface area contributed by atoms with Crippen LogP contribution in [0.1, 0.15) is 32.7 Å². The summed E-state index contributed by atoms with van der Waals surface area (Å²) in [5.41, 5.74) is 7.96. The molecule has 2 aromatic rings. The van der Waals surface area contributed by atoms with Crippen LogP contribution >= 0.6 is 34.4 Å². The van der Waals surface area contributed by atoms with Crippen LogP contribution in [0.3, 0.4) is 0 Å². The Balaban J connectivity index is 1.87. The third-order valence-electron chi connectivity index (χ3n) is 4.04. The first kappa shape index (κ1) is 25.0. The fourth-order valence-corrected chi connectivity index (χ4v) is 3.62. The van der Waals surface area contributed by atoms with Gasteiger partial charge in [0.1, 0.15) is 0 Å². The van der Waals surface area contributed by atoms with Gasteiger partial charge in [0, 0.05) is 30.1 Å². The second-order valence-corrected chi connectivity index (χ2v) is 8.23. The highest BCUT2D eigenvalue weighted by molar-refractivity contribution is 14.1. The summed E-state index contributed by atoms with van der Waals surface area (Å²) in [4.78, 5) is 35.5. The second kappa shape index (κ2) is 13.2. The molecule has 2 aromatic carbocycles. The van der Waals surface area contributed by atoms with Crippen molar-refractivity contribution in [2.24, 2.45) is 0 Å². The number of carbonyl (C=O) groups is 3. The summed E-state index contributed by atoms with van der Waals surface area (Å²) in [5.74, 6) is -0.409. The molecular formula is C21H24IN3O5S. The van der Waals surface area contributed by atoms with Crippen molar-refractivity contribution < 1.29 is 24.2 Å². The number of anilines is 2. The molecular weight excluding hydrogens is 533 g/mol. The van der Waals surface area contributed by atoms with Crippen LogP contribution in [0.2, 0.25) is 0 Å². The Bertz CT molecular complexity index is 908. The molecule has 8 nitrogen and oxygen atoms in total. The summed E-state index contributed by atoms with van der Waals surface area (Å²) < 4.78 is 5.90. The maximum atomic E-state index is 12.5. The molecule has 0 fully saturated rings. The van der Waals surface area contributed by atoms with Crippen molar-refractivity contribution >= 4 is 63.5 Å². The van der Waals surface area contributed by atoms with Crippen molar-refractivity contribution in [3.05, 3.63) is 59.2 Å². The van der Waals surface area contributed by atoms with E-state index in [1.54, 1.807) is 24.3 Å². The van der Waals surface area contributed by atoms with E-state index >= 15 is 0 Å². The fraction of sp³-hybridized carbons (Fsp3) is 0.286. The lowest BCUT2D eigenvalue weighted by Gasteiger charge is -2.10. The van der Waals surface area contributed by atoms with Crippen molar-refractivity contribution in [1.29, 1.82) is 0 Å². The number of carboxylic acids is 1. The van der Waals surface area contributed by atoms with E-state index in [9.17, 15) is 14.4 Å². The lowest BCUT2D eigenvalue weighted by molar-refractivity contribution is -0.113. The number of nitrogen functional groups attached to an aromatic ring is 1. The molecule has 0 aliphatic rings. The van der Waals surface area contributed by atoms with Crippen LogP contribution < -0.4 is 16.4 Å². The molecule has 0 unspecified atom stereocenters. The van der Waals surface area contributed by atoms with Crippen LogP contribution in [0.25, 0.3) is 0 Å². The van der Waals surface area contributed by atoms with Gasteiger partial charge in [-0.25, -0.2) is 4.79 Å². The van der Waals surface area contributed by atoms with Gasteiger partial charge < -0.3 is 26.2 Å². The first-order chi connectivity index (χ1) is 14.9. The molecule has 10 heteroatoms. The Labute approximate surface area is 198 Å². The van der Waals surface area contributed by atoms with Gasteiger partial charge in [-0.2, -0.15) is 11.8 Å². The van der Waals surface area contributed by atoms with E-state index in [1.165, 1.54) is 30.0 Å². The van der Waals surface area contributed by atoms with Gasteiger partial charge in [-0.1, -0.05) is 34.7 Å². The lowest BCUT2D eigenvalue weighted by atomic mass is 10.1. The molecule has 5 N–H and O–H groups in total. The number of halogens is 1. The number of alkyl halides is 1. The summed E-state index contributed by atoms with van der Waals surface area (Å²) in [7, 11) is 0. The number of rotatable bonds is 12. The van der Waals surface area contributed by atoms with E-state index in [1.807, 2.05) is 0 Å². The van der Waals surface area contributed by atoms with Gasteiger partial charge in [0.15, 0.2) is 0 Å². The van der Waals surface area contributed by atoms with E-state index in [-0.39, 0.29) is 23.9 Å². The largest absolute Gasteiger partial charge is 0.478 e. The standard InChI is InChI=1S/C21H24IN3O5S/c22-13-30-6-1-7-31-12-19(26)25-18-9-16(8-17(23)10-18)20(27)24-11-14-2-4-15(5-3-14)21(28)29/h2-5,8-10H,1,6-7,11-13,23H2,(H,24,27)(H,25,26)(H,28,29). The number of amides is 2. The molecule has 0 radical (unpaired) electrons. The van der Waals surface area contributed by atoms with E-state index in [2.05, 4.69) is 33.2 Å². The maximum absolute atomic E-state index is 12.5. The summed E-state index contributed by atoms with van der Waals surface area (Å²) >= 11 is 3.65. The Hall–Kier alpha value is -2.31. The highest BCUT2D eigenvalue weighted by Gasteiger charge is 2.10. The number of carbonyl (C=O) groups excluding carboxylic acids is 2. The number of hydrogen-bond acceptors (Lipinski definition) is 6. The SMILES string of the molecule is Nc1cc(NC(=O)CSCCCOCI)cc(C(=O)NCc2ccc(C(=O)O)cc2)c1. The van der Waals surface area contributed by atoms with Crippen molar-refractivity contribution in [3.63, 3.8) is 0 Å². The minimum atomic E-state index is -1.01. The molecule has 31 heavy (non-hydrogen) atoms. The Morgan fingerprint density at radius 1 is 1.10 bits per heavy atom. The van der Waals surface area contributed by atoms with Crippen molar-refractivity contribution in [1.82, 2.24) is 5.32 Å². The zero-order chi connectivity index (χ0) is 22.6. The number of aromatic carboxylic acids is 1. The van der Waals surface area contributed by atoms with Crippen LogP contribution in [0.5, 0.6) is 0 Å². The van der Waals surface area contributed by atoms with Crippen LogP contribution in [0.4, 0.5) is 11.4 Å². The number of hydrogen-bond donors (Lipinski definition) is 4. The molecule has 0 atom stereocenters. The number of carboxylic acid groups (broad SMARTS) is 1. The Kier molecular flexibility index (Phi) is 10.6. The average Bonchev–Trinajstić information content (AvgIpc) is 2.74. The van der Waals surface area contributed by atoms with Crippen molar-refractivity contribution in [2.45, 2.75) is 13.0 Å². The number of benzene rings is 2. The van der Waals surface area contributed by atoms with E-state index < -0.39 is 5.97 Å². The van der Waals surface area contributed by atoms with Gasteiger partial charge >= 0.3 is 5.97 Å². The van der Waals surface area contributed by atoms with E-state index in [0.29, 0.717) is 33.9 Å². The van der Waals surface area contributed by atoms with Crippen molar-refractivity contribution in [3.8, 4) is 0 Å². The zero-order valence-electron chi connectivity index (χ0n) is 16.7. The molecule has 0 heterocycles. The predicted octanol–water partition coefficient (Wildman–Crippen LogP) is 3.37. The molecule has 0 aromatic heterocycles. The van der Waals surface area contributed by atoms with Gasteiger partial charge in [0.05, 0.1) is 15.9 Å². The van der Waals surface area contributed by atoms with Crippen LogP contribution in [0.15, 0.2) is 42.5 Å². The molecule has 0 bridgehead atoms. The van der Waals surface area contributed by atoms with Gasteiger partial charge in [-0.3, -0.25) is 9.59 Å². The van der Waals surface area contributed by atoms with Crippen LogP contribution in [0, 0.1) is 0 Å². The summed E-state index contributed by atoms with van der Waals surface area (Å²) in [6, 6.07) is 10.9. The summed E-state index contributed by atoms with van der Waals surface area (Å²) in [6.07, 6.45) is 0.878. The van der Waals surface area contributed by atoms with Gasteiger partial charge in [0.2, 0.25) is 5.91 Å². The maximum Gasteiger partial charge on any atom is 0.335 e. The molecule has 2 rings (SSSR count). The molecule has 0 saturated carbocycles.